The van der Waals surface area contributed by atoms with Crippen LogP contribution < -0.4 is 10.1 Å². The van der Waals surface area contributed by atoms with Crippen molar-refractivity contribution >= 4 is 16.7 Å². The fraction of sp³-hybridized carbons (Fsp3) is 0.435. The molecule has 0 saturated heterocycles. The maximum Gasteiger partial charge on any atom is 0.235 e. The molecular formula is C23H28N8O. The Morgan fingerprint density at radius 1 is 1.09 bits per heavy atom. The quantitative estimate of drug-likeness (QED) is 0.493. The molecule has 4 aromatic heterocycles. The van der Waals surface area contributed by atoms with Crippen LogP contribution in [0.1, 0.15) is 44.3 Å². The van der Waals surface area contributed by atoms with E-state index in [9.17, 15) is 0 Å². The number of nitrogens with zero attached hydrogens (tertiary/aromatic N) is 7. The van der Waals surface area contributed by atoms with E-state index in [0.717, 1.165) is 65.9 Å². The van der Waals surface area contributed by atoms with Crippen LogP contribution in [0.4, 0.5) is 5.82 Å². The van der Waals surface area contributed by atoms with Gasteiger partial charge in [-0.25, -0.2) is 9.97 Å². The summed E-state index contributed by atoms with van der Waals surface area (Å²) in [5, 5.41) is 13.8. The normalized spacial score (nSPS) is 18.7. The number of nitrogens with one attached hydrogen (secondary N) is 1. The smallest absolute Gasteiger partial charge is 0.235 e. The molecule has 1 aliphatic carbocycles. The lowest BCUT2D eigenvalue weighted by molar-refractivity contribution is 0.124. The number of anilines is 1. The molecule has 1 N–H and O–H groups in total. The number of rotatable bonds is 6. The Balaban J connectivity index is 1.42. The number of ether oxygens (including phenoxy) is 1. The van der Waals surface area contributed by atoms with Gasteiger partial charge in [0.25, 0.3) is 0 Å². The predicted molar refractivity (Wildman–Crippen MR) is 123 cm³/mol. The summed E-state index contributed by atoms with van der Waals surface area (Å²) >= 11 is 0. The molecule has 0 bridgehead atoms. The molecule has 1 aliphatic rings. The van der Waals surface area contributed by atoms with Crippen LogP contribution in [-0.4, -0.2) is 47.2 Å². The first-order valence-corrected chi connectivity index (χ1v) is 11.2. The van der Waals surface area contributed by atoms with Crippen LogP contribution in [-0.2, 0) is 7.05 Å². The van der Waals surface area contributed by atoms with E-state index in [0.29, 0.717) is 11.9 Å². The predicted octanol–water partition coefficient (Wildman–Crippen LogP) is 3.92. The highest BCUT2D eigenvalue weighted by Gasteiger charge is 2.27. The van der Waals surface area contributed by atoms with Crippen LogP contribution in [0.5, 0.6) is 5.88 Å². The fourth-order valence-corrected chi connectivity index (χ4v) is 4.42. The van der Waals surface area contributed by atoms with E-state index >= 15 is 0 Å². The second-order valence-corrected chi connectivity index (χ2v) is 8.31. The summed E-state index contributed by atoms with van der Waals surface area (Å²) < 4.78 is 10.1. The van der Waals surface area contributed by atoms with Gasteiger partial charge in [0.15, 0.2) is 0 Å². The second-order valence-electron chi connectivity index (χ2n) is 8.31. The third-order valence-electron chi connectivity index (χ3n) is 6.03. The second kappa shape index (κ2) is 8.57. The minimum Gasteiger partial charge on any atom is -0.473 e. The lowest BCUT2D eigenvalue weighted by Gasteiger charge is -2.29. The first-order valence-electron chi connectivity index (χ1n) is 11.2. The Kier molecular flexibility index (Phi) is 5.46. The number of fused-ring (bicyclic) bond motifs is 1. The van der Waals surface area contributed by atoms with Crippen molar-refractivity contribution in [1.29, 1.82) is 0 Å². The van der Waals surface area contributed by atoms with E-state index in [1.165, 1.54) is 0 Å². The van der Waals surface area contributed by atoms with Gasteiger partial charge < -0.3 is 10.1 Å². The summed E-state index contributed by atoms with van der Waals surface area (Å²) in [6, 6.07) is 2.42. The number of pyridine rings is 1. The van der Waals surface area contributed by atoms with Crippen LogP contribution >= 0.6 is 0 Å². The number of hydrogen-bond donors (Lipinski definition) is 1. The Morgan fingerprint density at radius 3 is 2.62 bits per heavy atom. The SMILES string of the molecule is CCNc1cc2c(cn1)c(-c1cnn(C)c1)nn2C1CCC(Oc2nccnc2C)CC1. The zero-order chi connectivity index (χ0) is 22.1. The van der Waals surface area contributed by atoms with Gasteiger partial charge in [0.05, 0.1) is 23.4 Å². The highest BCUT2D eigenvalue weighted by atomic mass is 16.5. The van der Waals surface area contributed by atoms with Gasteiger partial charge in [0.2, 0.25) is 5.88 Å². The van der Waals surface area contributed by atoms with Crippen LogP contribution in [0, 0.1) is 6.92 Å². The Labute approximate surface area is 186 Å². The molecule has 4 aromatic rings. The first kappa shape index (κ1) is 20.4. The van der Waals surface area contributed by atoms with Crippen molar-refractivity contribution in [2.24, 2.45) is 7.05 Å². The molecule has 1 saturated carbocycles. The molecule has 0 radical (unpaired) electrons. The fourth-order valence-electron chi connectivity index (χ4n) is 4.42. The molecule has 0 spiro atoms. The maximum atomic E-state index is 6.15. The molecule has 9 heteroatoms. The first-order chi connectivity index (χ1) is 15.6. The zero-order valence-corrected chi connectivity index (χ0v) is 18.7. The van der Waals surface area contributed by atoms with Gasteiger partial charge in [-0.2, -0.15) is 10.2 Å². The van der Waals surface area contributed by atoms with E-state index in [4.69, 9.17) is 9.84 Å². The minimum atomic E-state index is 0.153. The van der Waals surface area contributed by atoms with Crippen molar-refractivity contribution in [1.82, 2.24) is 34.5 Å². The highest BCUT2D eigenvalue weighted by Crippen LogP contribution is 2.36. The summed E-state index contributed by atoms with van der Waals surface area (Å²) in [6.07, 6.45) is 13.2. The van der Waals surface area contributed by atoms with E-state index < -0.39 is 0 Å². The largest absolute Gasteiger partial charge is 0.473 e. The standard InChI is InChI=1S/C23H28N8O/c1-4-24-21-11-20-19(13-27-21)22(16-12-28-30(3)14-16)29-31(20)17-5-7-18(8-6-17)32-23-15(2)25-9-10-26-23/h9-14,17-18H,4-8H2,1-3H3,(H,24,27). The zero-order valence-electron chi connectivity index (χ0n) is 18.7. The summed E-state index contributed by atoms with van der Waals surface area (Å²) in [7, 11) is 1.92. The lowest BCUT2D eigenvalue weighted by atomic mass is 9.93. The van der Waals surface area contributed by atoms with E-state index in [1.807, 2.05) is 32.6 Å². The Hall–Kier alpha value is -3.49. The van der Waals surface area contributed by atoms with Crippen LogP contribution in [0.3, 0.4) is 0 Å². The molecule has 0 atom stereocenters. The van der Waals surface area contributed by atoms with Gasteiger partial charge in [0, 0.05) is 55.4 Å². The molecular weight excluding hydrogens is 404 g/mol. The monoisotopic (exact) mass is 432 g/mol. The molecule has 0 amide bonds. The van der Waals surface area contributed by atoms with Gasteiger partial charge in [-0.05, 0) is 39.5 Å². The molecule has 0 unspecified atom stereocenters. The molecule has 0 aliphatic heterocycles. The Morgan fingerprint density at radius 2 is 1.91 bits per heavy atom. The van der Waals surface area contributed by atoms with Crippen LogP contribution in [0.15, 0.2) is 37.1 Å². The highest BCUT2D eigenvalue weighted by molar-refractivity contribution is 5.93. The molecule has 4 heterocycles. The summed E-state index contributed by atoms with van der Waals surface area (Å²) in [6.45, 7) is 4.83. The van der Waals surface area contributed by atoms with Gasteiger partial charge in [-0.15, -0.1) is 0 Å². The molecule has 166 valence electrons. The molecule has 0 aromatic carbocycles. The molecule has 32 heavy (non-hydrogen) atoms. The van der Waals surface area contributed by atoms with Crippen molar-refractivity contribution in [2.45, 2.75) is 51.7 Å². The minimum absolute atomic E-state index is 0.153. The van der Waals surface area contributed by atoms with Crippen LogP contribution in [0.2, 0.25) is 0 Å². The maximum absolute atomic E-state index is 6.15. The topological polar surface area (TPSA) is 95.6 Å². The van der Waals surface area contributed by atoms with Crippen molar-refractivity contribution in [2.75, 3.05) is 11.9 Å². The summed E-state index contributed by atoms with van der Waals surface area (Å²) in [5.41, 5.74) is 3.86. The lowest BCUT2D eigenvalue weighted by Crippen LogP contribution is -2.26. The molecule has 1 fully saturated rings. The third kappa shape index (κ3) is 3.90. The van der Waals surface area contributed by atoms with Crippen molar-refractivity contribution in [3.8, 4) is 17.1 Å². The third-order valence-corrected chi connectivity index (χ3v) is 6.03. The number of hydrogen-bond acceptors (Lipinski definition) is 7. The van der Waals surface area contributed by atoms with Crippen molar-refractivity contribution in [3.05, 3.63) is 42.7 Å². The van der Waals surface area contributed by atoms with Gasteiger partial charge in [-0.1, -0.05) is 0 Å². The summed E-state index contributed by atoms with van der Waals surface area (Å²) in [5.74, 6) is 1.51. The van der Waals surface area contributed by atoms with Gasteiger partial charge in [0.1, 0.15) is 17.6 Å². The van der Waals surface area contributed by atoms with Crippen molar-refractivity contribution in [3.63, 3.8) is 0 Å². The molecule has 9 nitrogen and oxygen atoms in total. The van der Waals surface area contributed by atoms with E-state index in [1.54, 1.807) is 17.1 Å². The average molecular weight is 433 g/mol. The number of aromatic nitrogens is 7. The van der Waals surface area contributed by atoms with Gasteiger partial charge in [-0.3, -0.25) is 14.3 Å². The Bertz CT molecular complexity index is 1220. The number of aryl methyl sites for hydroxylation is 2. The van der Waals surface area contributed by atoms with Crippen molar-refractivity contribution < 1.29 is 4.74 Å². The summed E-state index contributed by atoms with van der Waals surface area (Å²) in [4.78, 5) is 13.2. The van der Waals surface area contributed by atoms with E-state index in [2.05, 4.69) is 43.0 Å². The van der Waals surface area contributed by atoms with Crippen LogP contribution in [0.25, 0.3) is 22.2 Å². The van der Waals surface area contributed by atoms with E-state index in [-0.39, 0.29) is 6.10 Å². The van der Waals surface area contributed by atoms with Gasteiger partial charge >= 0.3 is 0 Å². The average Bonchev–Trinajstić information content (AvgIpc) is 3.39. The molecule has 5 rings (SSSR count).